The summed E-state index contributed by atoms with van der Waals surface area (Å²) < 4.78 is 31.3. The molecule has 0 radical (unpaired) electrons. The molecule has 8 nitrogen and oxygen atoms in total. The molecule has 2 rings (SSSR count). The quantitative estimate of drug-likeness (QED) is 0.162. The van der Waals surface area contributed by atoms with Gasteiger partial charge in [-0.2, -0.15) is 0 Å². The van der Waals surface area contributed by atoms with E-state index in [1.54, 1.807) is 62.8 Å². The number of aliphatic hydroxyl groups is 1. The van der Waals surface area contributed by atoms with E-state index in [4.69, 9.17) is 28.4 Å². The average Bonchev–Trinajstić information content (AvgIpc) is 2.91. The molecule has 36 heavy (non-hydrogen) atoms. The van der Waals surface area contributed by atoms with E-state index in [-0.39, 0.29) is 30.3 Å². The summed E-state index contributed by atoms with van der Waals surface area (Å²) in [4.78, 5) is 13.1. The predicted molar refractivity (Wildman–Crippen MR) is 139 cm³/mol. The minimum atomic E-state index is -0.415. The monoisotopic (exact) mass is 496 g/mol. The average molecular weight is 497 g/mol. The largest absolute Gasteiger partial charge is 0.508 e. The molecule has 2 aromatic rings. The lowest BCUT2D eigenvalue weighted by molar-refractivity contribution is -0.111. The molecule has 0 aromatic heterocycles. The van der Waals surface area contributed by atoms with Gasteiger partial charge in [0.1, 0.15) is 5.76 Å². The van der Waals surface area contributed by atoms with Gasteiger partial charge in [0, 0.05) is 19.1 Å². The number of allylic oxidation sites excluding steroid dienone is 3. The molecule has 0 bridgehead atoms. The smallest absolute Gasteiger partial charge is 0.188 e. The van der Waals surface area contributed by atoms with Crippen LogP contribution in [0.2, 0.25) is 0 Å². The van der Waals surface area contributed by atoms with Gasteiger partial charge >= 0.3 is 0 Å². The van der Waals surface area contributed by atoms with Crippen molar-refractivity contribution in [2.24, 2.45) is 0 Å². The van der Waals surface area contributed by atoms with E-state index < -0.39 is 5.78 Å². The zero-order valence-electron chi connectivity index (χ0n) is 21.2. The molecule has 0 atom stereocenters. The Balaban J connectivity index is 2.35. The van der Waals surface area contributed by atoms with E-state index in [1.165, 1.54) is 33.5 Å². The molecule has 0 aliphatic carbocycles. The van der Waals surface area contributed by atoms with Crippen molar-refractivity contribution in [3.8, 4) is 23.0 Å². The van der Waals surface area contributed by atoms with Crippen LogP contribution in [0, 0.1) is 0 Å². The number of rotatable bonds is 14. The molecular weight excluding hydrogens is 464 g/mol. The summed E-state index contributed by atoms with van der Waals surface area (Å²) in [6.45, 7) is 3.78. The molecule has 0 aliphatic heterocycles. The van der Waals surface area contributed by atoms with Crippen molar-refractivity contribution in [3.05, 3.63) is 83.3 Å². The summed E-state index contributed by atoms with van der Waals surface area (Å²) in [5, 5.41) is 10.8. The minimum Gasteiger partial charge on any atom is -0.508 e. The van der Waals surface area contributed by atoms with Gasteiger partial charge in [0.15, 0.2) is 35.6 Å². The van der Waals surface area contributed by atoms with Gasteiger partial charge in [-0.1, -0.05) is 30.9 Å². The summed E-state index contributed by atoms with van der Waals surface area (Å²) >= 11 is 0. The number of methoxy groups -OCH3 is 5. The molecule has 0 spiro atoms. The summed E-state index contributed by atoms with van der Waals surface area (Å²) in [6.07, 6.45) is 6.05. The van der Waals surface area contributed by atoms with Gasteiger partial charge in [-0.3, -0.25) is 4.79 Å². The standard InChI is InChI=1S/C28H32O8/c1-19(36-18-31-2)15-22(23(29)11-7-20-9-13-25(32-3)27(16-20)34-5)24(30)12-8-21-10-14-26(33-4)28(17-21)35-6/h7-14,16-17,29H,1,15,18H2,2-6H3/b11-7+,12-8+,23-22-. The highest BCUT2D eigenvalue weighted by molar-refractivity contribution is 6.07. The molecule has 0 fully saturated rings. The highest BCUT2D eigenvalue weighted by Crippen LogP contribution is 2.29. The highest BCUT2D eigenvalue weighted by Gasteiger charge is 2.15. The second-order valence-electron chi connectivity index (χ2n) is 7.39. The highest BCUT2D eigenvalue weighted by atomic mass is 16.7. The third-order valence-electron chi connectivity index (χ3n) is 5.04. The van der Waals surface area contributed by atoms with Crippen LogP contribution >= 0.6 is 0 Å². The van der Waals surface area contributed by atoms with E-state index in [0.29, 0.717) is 23.0 Å². The van der Waals surface area contributed by atoms with Crippen LogP contribution < -0.4 is 18.9 Å². The van der Waals surface area contributed by atoms with Gasteiger partial charge in [-0.25, -0.2) is 0 Å². The fraction of sp³-hybridized carbons (Fsp3) is 0.250. The number of aliphatic hydroxyl groups excluding tert-OH is 1. The lowest BCUT2D eigenvalue weighted by atomic mass is 10.0. The second-order valence-corrected chi connectivity index (χ2v) is 7.39. The van der Waals surface area contributed by atoms with Crippen LogP contribution in [0.3, 0.4) is 0 Å². The minimum absolute atomic E-state index is 0.0133. The first kappa shape index (κ1) is 28.1. The first-order chi connectivity index (χ1) is 17.4. The SMILES string of the molecule is C=C(C/C(C(=O)/C=C/c1ccc(OC)c(OC)c1)=C(O)\C=C\c1ccc(OC)c(OC)c1)OCOC. The lowest BCUT2D eigenvalue weighted by Gasteiger charge is -2.11. The Kier molecular flexibility index (Phi) is 11.1. The summed E-state index contributed by atoms with van der Waals surface area (Å²) in [6, 6.07) is 10.6. The summed E-state index contributed by atoms with van der Waals surface area (Å²) in [5.41, 5.74) is 1.56. The van der Waals surface area contributed by atoms with Gasteiger partial charge in [0.05, 0.1) is 34.2 Å². The fourth-order valence-electron chi connectivity index (χ4n) is 3.16. The van der Waals surface area contributed by atoms with Crippen LogP contribution in [0.4, 0.5) is 0 Å². The molecule has 2 aromatic carbocycles. The third kappa shape index (κ3) is 7.95. The van der Waals surface area contributed by atoms with Crippen LogP contribution in [-0.2, 0) is 14.3 Å². The van der Waals surface area contributed by atoms with Crippen LogP contribution in [0.25, 0.3) is 12.2 Å². The normalized spacial score (nSPS) is 11.8. The Morgan fingerprint density at radius 1 is 0.806 bits per heavy atom. The van der Waals surface area contributed by atoms with E-state index in [9.17, 15) is 9.90 Å². The number of hydrogen-bond donors (Lipinski definition) is 1. The molecule has 0 heterocycles. The first-order valence-corrected chi connectivity index (χ1v) is 10.9. The summed E-state index contributed by atoms with van der Waals surface area (Å²) in [7, 11) is 7.64. The third-order valence-corrected chi connectivity index (χ3v) is 5.04. The van der Waals surface area contributed by atoms with Crippen molar-refractivity contribution >= 4 is 17.9 Å². The maximum Gasteiger partial charge on any atom is 0.188 e. The van der Waals surface area contributed by atoms with E-state index in [0.717, 1.165) is 11.1 Å². The molecule has 8 heteroatoms. The van der Waals surface area contributed by atoms with E-state index >= 15 is 0 Å². The number of hydrogen-bond acceptors (Lipinski definition) is 8. The zero-order chi connectivity index (χ0) is 26.5. The van der Waals surface area contributed by atoms with Gasteiger partial charge in [-0.05, 0) is 47.5 Å². The number of carbonyl (C=O) groups is 1. The Morgan fingerprint density at radius 2 is 1.31 bits per heavy atom. The number of ether oxygens (including phenoxy) is 6. The molecular formula is C28H32O8. The maximum atomic E-state index is 13.1. The van der Waals surface area contributed by atoms with Crippen molar-refractivity contribution in [2.45, 2.75) is 6.42 Å². The van der Waals surface area contributed by atoms with Gasteiger partial charge in [0.2, 0.25) is 0 Å². The van der Waals surface area contributed by atoms with Crippen LogP contribution in [-0.4, -0.2) is 53.2 Å². The van der Waals surface area contributed by atoms with Crippen LogP contribution in [0.15, 0.2) is 72.2 Å². The predicted octanol–water partition coefficient (Wildman–Crippen LogP) is 5.35. The molecule has 0 unspecified atom stereocenters. The van der Waals surface area contributed by atoms with Crippen molar-refractivity contribution in [1.29, 1.82) is 0 Å². The topological polar surface area (TPSA) is 92.7 Å². The van der Waals surface area contributed by atoms with Gasteiger partial charge in [-0.15, -0.1) is 0 Å². The van der Waals surface area contributed by atoms with Crippen molar-refractivity contribution < 1.29 is 38.3 Å². The Morgan fingerprint density at radius 3 is 1.78 bits per heavy atom. The maximum absolute atomic E-state index is 13.1. The van der Waals surface area contributed by atoms with Crippen LogP contribution in [0.1, 0.15) is 17.5 Å². The number of ketones is 1. The van der Waals surface area contributed by atoms with Crippen molar-refractivity contribution in [1.82, 2.24) is 0 Å². The Hall–Kier alpha value is -4.17. The number of benzene rings is 2. The van der Waals surface area contributed by atoms with Crippen molar-refractivity contribution in [2.75, 3.05) is 42.3 Å². The Bertz CT molecular complexity index is 1140. The van der Waals surface area contributed by atoms with Gasteiger partial charge in [0.25, 0.3) is 0 Å². The second kappa shape index (κ2) is 14.3. The summed E-state index contributed by atoms with van der Waals surface area (Å²) in [5.74, 6) is 1.85. The molecule has 0 saturated carbocycles. The fourth-order valence-corrected chi connectivity index (χ4v) is 3.16. The molecule has 192 valence electrons. The number of carbonyl (C=O) groups excluding carboxylic acids is 1. The molecule has 1 N–H and O–H groups in total. The molecule has 0 amide bonds. The molecule has 0 saturated heterocycles. The molecule has 0 aliphatic rings. The van der Waals surface area contributed by atoms with E-state index in [1.807, 2.05) is 0 Å². The van der Waals surface area contributed by atoms with Crippen molar-refractivity contribution in [3.63, 3.8) is 0 Å². The zero-order valence-corrected chi connectivity index (χ0v) is 21.2. The van der Waals surface area contributed by atoms with E-state index in [2.05, 4.69) is 6.58 Å². The lowest BCUT2D eigenvalue weighted by Crippen LogP contribution is -2.06. The first-order valence-electron chi connectivity index (χ1n) is 10.9. The van der Waals surface area contributed by atoms with Crippen LogP contribution in [0.5, 0.6) is 23.0 Å². The Labute approximate surface area is 211 Å². The van der Waals surface area contributed by atoms with Gasteiger partial charge < -0.3 is 33.5 Å².